The third-order valence-electron chi connectivity index (χ3n) is 4.40. The van der Waals surface area contributed by atoms with Gasteiger partial charge in [0.15, 0.2) is 5.13 Å². The number of amides is 3. The van der Waals surface area contributed by atoms with Crippen LogP contribution in [0.5, 0.6) is 0 Å². The highest BCUT2D eigenvalue weighted by Crippen LogP contribution is 2.30. The van der Waals surface area contributed by atoms with Crippen LogP contribution in [0.2, 0.25) is 0 Å². The molecular formula is C20H17N3O3S2. The van der Waals surface area contributed by atoms with Gasteiger partial charge < -0.3 is 5.32 Å². The summed E-state index contributed by atoms with van der Waals surface area (Å²) in [5.74, 6) is -0.665. The van der Waals surface area contributed by atoms with Gasteiger partial charge in [-0.25, -0.2) is 9.88 Å². The quantitative estimate of drug-likeness (QED) is 0.649. The van der Waals surface area contributed by atoms with Crippen LogP contribution in [0.15, 0.2) is 48.5 Å². The lowest BCUT2D eigenvalue weighted by atomic mass is 10.2. The second kappa shape index (κ2) is 7.73. The molecule has 2 heterocycles. The summed E-state index contributed by atoms with van der Waals surface area (Å²) in [7, 11) is 0. The number of aryl methyl sites for hydroxylation is 1. The first kappa shape index (κ1) is 18.6. The predicted octanol–water partition coefficient (Wildman–Crippen LogP) is 3.61. The molecule has 1 atom stereocenters. The van der Waals surface area contributed by atoms with E-state index in [0.29, 0.717) is 10.8 Å². The summed E-state index contributed by atoms with van der Waals surface area (Å²) in [5.41, 5.74) is 2.50. The normalized spacial score (nSPS) is 16.8. The number of rotatable bonds is 5. The molecule has 0 radical (unpaired) electrons. The van der Waals surface area contributed by atoms with Gasteiger partial charge in [-0.3, -0.25) is 14.4 Å². The average molecular weight is 412 g/mol. The Morgan fingerprint density at radius 2 is 2.00 bits per heavy atom. The van der Waals surface area contributed by atoms with Crippen molar-refractivity contribution in [1.82, 2.24) is 4.98 Å². The van der Waals surface area contributed by atoms with E-state index >= 15 is 0 Å². The number of fused-ring (bicyclic) bond motifs is 1. The minimum Gasteiger partial charge on any atom is -0.301 e. The Labute approximate surface area is 169 Å². The van der Waals surface area contributed by atoms with E-state index in [1.807, 2.05) is 31.2 Å². The molecule has 1 aromatic heterocycles. The zero-order chi connectivity index (χ0) is 19.7. The largest absolute Gasteiger partial charge is 0.301 e. The third-order valence-corrected chi connectivity index (χ3v) is 6.54. The highest BCUT2D eigenvalue weighted by atomic mass is 32.2. The fraction of sp³-hybridized carbons (Fsp3) is 0.200. The molecule has 0 bridgehead atoms. The number of nitrogens with zero attached hydrogens (tertiary/aromatic N) is 2. The van der Waals surface area contributed by atoms with E-state index in [0.717, 1.165) is 15.8 Å². The maximum atomic E-state index is 12.6. The van der Waals surface area contributed by atoms with Gasteiger partial charge in [-0.1, -0.05) is 41.7 Å². The minimum absolute atomic E-state index is 0.0845. The van der Waals surface area contributed by atoms with Gasteiger partial charge in [0, 0.05) is 6.42 Å². The monoisotopic (exact) mass is 411 g/mol. The van der Waals surface area contributed by atoms with E-state index in [1.165, 1.54) is 28.0 Å². The average Bonchev–Trinajstić information content (AvgIpc) is 3.21. The van der Waals surface area contributed by atoms with Crippen molar-refractivity contribution in [2.75, 3.05) is 16.0 Å². The summed E-state index contributed by atoms with van der Waals surface area (Å²) in [6.07, 6.45) is 0.103. The molecule has 3 aromatic rings. The SMILES string of the molecule is Cc1cccc2sc(NC(=O)CS[C@H]3CC(=O)N(c4ccccc4)C3=O)nc12. The number of anilines is 2. The van der Waals surface area contributed by atoms with Crippen LogP contribution in [-0.4, -0.2) is 33.7 Å². The lowest BCUT2D eigenvalue weighted by molar-refractivity contribution is -0.121. The number of thiazole rings is 1. The Morgan fingerprint density at radius 3 is 2.75 bits per heavy atom. The number of thioether (sulfide) groups is 1. The van der Waals surface area contributed by atoms with Crippen LogP contribution < -0.4 is 10.2 Å². The minimum atomic E-state index is -0.545. The molecule has 1 aliphatic heterocycles. The van der Waals surface area contributed by atoms with Crippen LogP contribution in [0.3, 0.4) is 0 Å². The summed E-state index contributed by atoms with van der Waals surface area (Å²) < 4.78 is 1.01. The molecule has 1 saturated heterocycles. The first-order chi connectivity index (χ1) is 13.5. The molecule has 0 saturated carbocycles. The number of aromatic nitrogens is 1. The first-order valence-corrected chi connectivity index (χ1v) is 10.6. The molecule has 1 fully saturated rings. The number of hydrogen-bond acceptors (Lipinski definition) is 6. The van der Waals surface area contributed by atoms with Crippen LogP contribution in [0, 0.1) is 6.92 Å². The van der Waals surface area contributed by atoms with Crippen LogP contribution in [0.1, 0.15) is 12.0 Å². The molecule has 0 spiro atoms. The van der Waals surface area contributed by atoms with E-state index in [9.17, 15) is 14.4 Å². The van der Waals surface area contributed by atoms with Crippen molar-refractivity contribution in [3.05, 3.63) is 54.1 Å². The van der Waals surface area contributed by atoms with Crippen molar-refractivity contribution < 1.29 is 14.4 Å². The van der Waals surface area contributed by atoms with Crippen LogP contribution in [0.25, 0.3) is 10.2 Å². The number of hydrogen-bond donors (Lipinski definition) is 1. The van der Waals surface area contributed by atoms with Crippen molar-refractivity contribution >= 4 is 61.9 Å². The van der Waals surface area contributed by atoms with Crippen molar-refractivity contribution in [3.8, 4) is 0 Å². The molecule has 3 amide bonds. The second-order valence-corrected chi connectivity index (χ2v) is 8.62. The smallest absolute Gasteiger partial charge is 0.247 e. The van der Waals surface area contributed by atoms with Gasteiger partial charge >= 0.3 is 0 Å². The molecule has 0 aliphatic carbocycles. The molecule has 8 heteroatoms. The number of nitrogens with one attached hydrogen (secondary N) is 1. The van der Waals surface area contributed by atoms with Crippen LogP contribution in [-0.2, 0) is 14.4 Å². The molecule has 28 heavy (non-hydrogen) atoms. The van der Waals surface area contributed by atoms with Gasteiger partial charge in [-0.15, -0.1) is 11.8 Å². The Bertz CT molecular complexity index is 1070. The summed E-state index contributed by atoms with van der Waals surface area (Å²) >= 11 is 2.60. The Morgan fingerprint density at radius 1 is 1.21 bits per heavy atom. The van der Waals surface area contributed by atoms with Gasteiger partial charge in [0.05, 0.1) is 26.9 Å². The van der Waals surface area contributed by atoms with Crippen molar-refractivity contribution in [3.63, 3.8) is 0 Å². The standard InChI is InChI=1S/C20H17N3O3S2/c1-12-6-5-9-14-18(12)22-20(28-14)21-16(24)11-27-15-10-17(25)23(19(15)26)13-7-3-2-4-8-13/h2-9,15H,10-11H2,1H3,(H,21,22,24)/t15-/m0/s1. The molecule has 4 rings (SSSR count). The van der Waals surface area contributed by atoms with Crippen molar-refractivity contribution in [2.45, 2.75) is 18.6 Å². The molecule has 2 aromatic carbocycles. The topological polar surface area (TPSA) is 79.4 Å². The van der Waals surface area contributed by atoms with Gasteiger partial charge in [-0.2, -0.15) is 0 Å². The number of carbonyl (C=O) groups is 3. The third kappa shape index (κ3) is 3.65. The Balaban J connectivity index is 1.37. The van der Waals surface area contributed by atoms with Crippen molar-refractivity contribution in [1.29, 1.82) is 0 Å². The Hall–Kier alpha value is -2.71. The fourth-order valence-electron chi connectivity index (χ4n) is 3.05. The lowest BCUT2D eigenvalue weighted by Crippen LogP contribution is -2.31. The van der Waals surface area contributed by atoms with E-state index in [2.05, 4.69) is 10.3 Å². The number of imide groups is 1. The molecule has 0 unspecified atom stereocenters. The molecule has 6 nitrogen and oxygen atoms in total. The second-order valence-electron chi connectivity index (χ2n) is 6.40. The highest BCUT2D eigenvalue weighted by molar-refractivity contribution is 8.01. The Kier molecular flexibility index (Phi) is 5.15. The van der Waals surface area contributed by atoms with Crippen molar-refractivity contribution in [2.24, 2.45) is 0 Å². The first-order valence-electron chi connectivity index (χ1n) is 8.72. The van der Waals surface area contributed by atoms with Gasteiger partial charge in [0.1, 0.15) is 0 Å². The molecule has 142 valence electrons. The van der Waals surface area contributed by atoms with E-state index in [1.54, 1.807) is 24.3 Å². The van der Waals surface area contributed by atoms with E-state index in [-0.39, 0.29) is 29.9 Å². The molecular weight excluding hydrogens is 394 g/mol. The maximum Gasteiger partial charge on any atom is 0.247 e. The zero-order valence-electron chi connectivity index (χ0n) is 15.0. The van der Waals surface area contributed by atoms with Gasteiger partial charge in [0.2, 0.25) is 17.7 Å². The summed E-state index contributed by atoms with van der Waals surface area (Å²) in [5, 5.41) is 2.78. The fourth-order valence-corrected chi connectivity index (χ4v) is 4.95. The van der Waals surface area contributed by atoms with Gasteiger partial charge in [-0.05, 0) is 30.7 Å². The van der Waals surface area contributed by atoms with Gasteiger partial charge in [0.25, 0.3) is 0 Å². The van der Waals surface area contributed by atoms with Crippen LogP contribution in [0.4, 0.5) is 10.8 Å². The predicted molar refractivity (Wildman–Crippen MR) is 113 cm³/mol. The molecule has 1 N–H and O–H groups in total. The lowest BCUT2D eigenvalue weighted by Gasteiger charge is -2.14. The number of carbonyl (C=O) groups excluding carboxylic acids is 3. The summed E-state index contributed by atoms with van der Waals surface area (Å²) in [4.78, 5) is 42.8. The zero-order valence-corrected chi connectivity index (χ0v) is 16.7. The van der Waals surface area contributed by atoms with E-state index in [4.69, 9.17) is 0 Å². The number of para-hydroxylation sites is 2. The van der Waals surface area contributed by atoms with E-state index < -0.39 is 5.25 Å². The number of benzene rings is 2. The highest BCUT2D eigenvalue weighted by Gasteiger charge is 2.39. The maximum absolute atomic E-state index is 12.6. The van der Waals surface area contributed by atoms with Crippen LogP contribution >= 0.6 is 23.1 Å². The summed E-state index contributed by atoms with van der Waals surface area (Å²) in [6.45, 7) is 1.98. The molecule has 1 aliphatic rings. The summed E-state index contributed by atoms with van der Waals surface area (Å²) in [6, 6.07) is 14.7.